The van der Waals surface area contributed by atoms with E-state index in [4.69, 9.17) is 0 Å². The third-order valence-corrected chi connectivity index (χ3v) is 5.14. The van der Waals surface area contributed by atoms with E-state index < -0.39 is 11.6 Å². The van der Waals surface area contributed by atoms with E-state index >= 15 is 0 Å². The van der Waals surface area contributed by atoms with Crippen LogP contribution in [0.1, 0.15) is 34.8 Å². The molecule has 0 N–H and O–H groups in total. The molecule has 0 radical (unpaired) electrons. The Morgan fingerprint density at radius 2 is 1.46 bits per heavy atom. The highest BCUT2D eigenvalue weighted by Crippen LogP contribution is 2.14. The molecular weight excluding hydrogens is 362 g/mol. The van der Waals surface area contributed by atoms with E-state index in [0.717, 1.165) is 18.6 Å². The van der Waals surface area contributed by atoms with Crippen LogP contribution in [0.5, 0.6) is 0 Å². The average molecular weight is 386 g/mol. The van der Waals surface area contributed by atoms with Crippen molar-refractivity contribution in [2.45, 2.75) is 26.2 Å². The van der Waals surface area contributed by atoms with Gasteiger partial charge in [-0.3, -0.25) is 9.59 Å². The Labute approximate surface area is 163 Å². The van der Waals surface area contributed by atoms with Gasteiger partial charge in [-0.1, -0.05) is 25.1 Å². The molecule has 3 rings (SSSR count). The van der Waals surface area contributed by atoms with Gasteiger partial charge in [-0.25, -0.2) is 8.78 Å². The monoisotopic (exact) mass is 386 g/mol. The second-order valence-corrected chi connectivity index (χ2v) is 6.97. The summed E-state index contributed by atoms with van der Waals surface area (Å²) in [4.78, 5) is 28.5. The zero-order chi connectivity index (χ0) is 20.1. The van der Waals surface area contributed by atoms with Gasteiger partial charge in [-0.2, -0.15) is 0 Å². The van der Waals surface area contributed by atoms with Crippen LogP contribution in [0.3, 0.4) is 0 Å². The quantitative estimate of drug-likeness (QED) is 0.790. The fraction of sp³-hybridized carbons (Fsp3) is 0.364. The van der Waals surface area contributed by atoms with Crippen molar-refractivity contribution in [3.05, 3.63) is 70.8 Å². The van der Waals surface area contributed by atoms with E-state index in [9.17, 15) is 18.4 Å². The predicted octanol–water partition coefficient (Wildman–Crippen LogP) is 3.44. The molecule has 0 atom stereocenters. The SMILES string of the molecule is CCc1ccc(C(=O)N2CCN(C(=O)CCc3ccc(F)c(F)c3)CC2)cc1. The zero-order valence-electron chi connectivity index (χ0n) is 16.0. The topological polar surface area (TPSA) is 40.6 Å². The molecule has 1 aliphatic heterocycles. The lowest BCUT2D eigenvalue weighted by atomic mass is 10.1. The molecule has 0 saturated carbocycles. The number of hydrogen-bond acceptors (Lipinski definition) is 2. The van der Waals surface area contributed by atoms with E-state index in [1.54, 1.807) is 9.80 Å². The molecule has 0 spiro atoms. The van der Waals surface area contributed by atoms with Crippen LogP contribution in [-0.4, -0.2) is 47.8 Å². The van der Waals surface area contributed by atoms with Crippen molar-refractivity contribution in [1.29, 1.82) is 0 Å². The van der Waals surface area contributed by atoms with E-state index in [0.29, 0.717) is 43.7 Å². The first kappa shape index (κ1) is 20.0. The average Bonchev–Trinajstić information content (AvgIpc) is 2.74. The molecule has 148 valence electrons. The zero-order valence-corrected chi connectivity index (χ0v) is 16.0. The number of halogens is 2. The molecule has 2 aromatic carbocycles. The number of rotatable bonds is 5. The van der Waals surface area contributed by atoms with Crippen molar-refractivity contribution in [3.63, 3.8) is 0 Å². The first-order chi connectivity index (χ1) is 13.5. The highest BCUT2D eigenvalue weighted by atomic mass is 19.2. The van der Waals surface area contributed by atoms with Crippen LogP contribution in [0, 0.1) is 11.6 Å². The Balaban J connectivity index is 1.49. The number of benzene rings is 2. The van der Waals surface area contributed by atoms with Crippen LogP contribution in [0.25, 0.3) is 0 Å². The number of carbonyl (C=O) groups is 2. The molecule has 2 amide bonds. The van der Waals surface area contributed by atoms with Crippen LogP contribution >= 0.6 is 0 Å². The van der Waals surface area contributed by atoms with E-state index in [2.05, 4.69) is 6.92 Å². The number of piperazine rings is 1. The van der Waals surface area contributed by atoms with Gasteiger partial charge in [0.2, 0.25) is 5.91 Å². The molecule has 0 unspecified atom stereocenters. The van der Waals surface area contributed by atoms with E-state index in [-0.39, 0.29) is 18.2 Å². The third kappa shape index (κ3) is 4.74. The highest BCUT2D eigenvalue weighted by Gasteiger charge is 2.24. The minimum atomic E-state index is -0.899. The standard InChI is InChI=1S/C22H24F2N2O2/c1-2-16-3-7-18(8-4-16)22(28)26-13-11-25(12-14-26)21(27)10-6-17-5-9-19(23)20(24)15-17/h3-5,7-9,15H,2,6,10-14H2,1H3. The molecule has 1 saturated heterocycles. The van der Waals surface area contributed by atoms with E-state index in [1.807, 2.05) is 24.3 Å². The maximum Gasteiger partial charge on any atom is 0.253 e. The summed E-state index contributed by atoms with van der Waals surface area (Å²) in [6.45, 7) is 4.01. The highest BCUT2D eigenvalue weighted by molar-refractivity contribution is 5.94. The largest absolute Gasteiger partial charge is 0.339 e. The predicted molar refractivity (Wildman–Crippen MR) is 103 cm³/mol. The third-order valence-electron chi connectivity index (χ3n) is 5.14. The number of hydrogen-bond donors (Lipinski definition) is 0. The molecule has 0 aliphatic carbocycles. The number of aryl methyl sites for hydroxylation is 2. The first-order valence-electron chi connectivity index (χ1n) is 9.58. The molecule has 0 aromatic heterocycles. The van der Waals surface area contributed by atoms with Gasteiger partial charge in [0.05, 0.1) is 0 Å². The van der Waals surface area contributed by atoms with Gasteiger partial charge in [0.1, 0.15) is 0 Å². The smallest absolute Gasteiger partial charge is 0.253 e. The second-order valence-electron chi connectivity index (χ2n) is 6.97. The number of amides is 2. The normalized spacial score (nSPS) is 14.2. The lowest BCUT2D eigenvalue weighted by molar-refractivity contribution is -0.132. The van der Waals surface area contributed by atoms with Crippen molar-refractivity contribution < 1.29 is 18.4 Å². The van der Waals surface area contributed by atoms with Crippen LogP contribution in [0.2, 0.25) is 0 Å². The Hall–Kier alpha value is -2.76. The summed E-state index contributed by atoms with van der Waals surface area (Å²) < 4.78 is 26.2. The van der Waals surface area contributed by atoms with Gasteiger partial charge in [0, 0.05) is 38.2 Å². The molecule has 0 bridgehead atoms. The summed E-state index contributed by atoms with van der Waals surface area (Å²) in [5.74, 6) is -1.84. The Bertz CT molecular complexity index is 844. The molecule has 28 heavy (non-hydrogen) atoms. The summed E-state index contributed by atoms with van der Waals surface area (Å²) in [5, 5.41) is 0. The molecule has 1 aliphatic rings. The molecule has 4 nitrogen and oxygen atoms in total. The maximum absolute atomic E-state index is 13.3. The van der Waals surface area contributed by atoms with Crippen LogP contribution in [-0.2, 0) is 17.6 Å². The van der Waals surface area contributed by atoms with Crippen molar-refractivity contribution in [3.8, 4) is 0 Å². The minimum Gasteiger partial charge on any atom is -0.339 e. The molecule has 1 fully saturated rings. The van der Waals surface area contributed by atoms with Gasteiger partial charge in [0.15, 0.2) is 11.6 Å². The maximum atomic E-state index is 13.3. The summed E-state index contributed by atoms with van der Waals surface area (Å²) in [5.41, 5.74) is 2.44. The second kappa shape index (κ2) is 8.95. The molecule has 1 heterocycles. The summed E-state index contributed by atoms with van der Waals surface area (Å²) in [7, 11) is 0. The van der Waals surface area contributed by atoms with Gasteiger partial charge >= 0.3 is 0 Å². The summed E-state index contributed by atoms with van der Waals surface area (Å²) in [6, 6.07) is 11.3. The van der Waals surface area contributed by atoms with Gasteiger partial charge in [0.25, 0.3) is 5.91 Å². The van der Waals surface area contributed by atoms with Gasteiger partial charge in [-0.15, -0.1) is 0 Å². The Morgan fingerprint density at radius 1 is 0.857 bits per heavy atom. The van der Waals surface area contributed by atoms with E-state index in [1.165, 1.54) is 11.6 Å². The minimum absolute atomic E-state index is 0.0171. The van der Waals surface area contributed by atoms with Crippen molar-refractivity contribution >= 4 is 11.8 Å². The van der Waals surface area contributed by atoms with Crippen LogP contribution in [0.4, 0.5) is 8.78 Å². The summed E-state index contributed by atoms with van der Waals surface area (Å²) >= 11 is 0. The van der Waals surface area contributed by atoms with Crippen molar-refractivity contribution in [1.82, 2.24) is 9.80 Å². The van der Waals surface area contributed by atoms with Crippen molar-refractivity contribution in [2.75, 3.05) is 26.2 Å². The lowest BCUT2D eigenvalue weighted by Crippen LogP contribution is -2.50. The van der Waals surface area contributed by atoms with Crippen LogP contribution < -0.4 is 0 Å². The fourth-order valence-corrected chi connectivity index (χ4v) is 3.33. The molecule has 2 aromatic rings. The Morgan fingerprint density at radius 3 is 2.07 bits per heavy atom. The number of nitrogens with zero attached hydrogens (tertiary/aromatic N) is 2. The van der Waals surface area contributed by atoms with Gasteiger partial charge in [-0.05, 0) is 48.2 Å². The molecular formula is C22H24F2N2O2. The number of carbonyl (C=O) groups excluding carboxylic acids is 2. The molecule has 6 heteroatoms. The van der Waals surface area contributed by atoms with Crippen LogP contribution in [0.15, 0.2) is 42.5 Å². The summed E-state index contributed by atoms with van der Waals surface area (Å²) in [6.07, 6.45) is 1.52. The Kier molecular flexibility index (Phi) is 6.39. The van der Waals surface area contributed by atoms with Gasteiger partial charge < -0.3 is 9.80 Å². The lowest BCUT2D eigenvalue weighted by Gasteiger charge is -2.35. The van der Waals surface area contributed by atoms with Crippen molar-refractivity contribution in [2.24, 2.45) is 0 Å². The fourth-order valence-electron chi connectivity index (χ4n) is 3.33. The first-order valence-corrected chi connectivity index (χ1v) is 9.58.